The topological polar surface area (TPSA) is 148 Å². The van der Waals surface area contributed by atoms with E-state index < -0.39 is 30.6 Å². The van der Waals surface area contributed by atoms with Crippen LogP contribution in [0.15, 0.2) is 54.6 Å². The lowest BCUT2D eigenvalue weighted by Gasteiger charge is -2.13. The molecule has 9 nitrogen and oxygen atoms in total. The number of nitrogens with one attached hydrogen (secondary N) is 1. The first-order chi connectivity index (χ1) is 15.3. The first-order valence-electron chi connectivity index (χ1n) is 9.58. The van der Waals surface area contributed by atoms with E-state index in [1.165, 1.54) is 37.3 Å². The summed E-state index contributed by atoms with van der Waals surface area (Å²) in [4.78, 5) is 32.1. The Bertz CT molecular complexity index is 1110. The molecule has 0 saturated carbocycles. The van der Waals surface area contributed by atoms with E-state index in [0.29, 0.717) is 17.1 Å². The lowest BCUT2D eigenvalue weighted by Crippen LogP contribution is -2.42. The van der Waals surface area contributed by atoms with Crippen LogP contribution in [0.25, 0.3) is 11.4 Å². The van der Waals surface area contributed by atoms with Crippen molar-refractivity contribution in [3.05, 3.63) is 71.8 Å². The van der Waals surface area contributed by atoms with Crippen LogP contribution in [0.4, 0.5) is 4.39 Å². The molecule has 2 aromatic carbocycles. The molecular weight excluding hydrogens is 419 g/mol. The van der Waals surface area contributed by atoms with Crippen molar-refractivity contribution in [3.8, 4) is 22.9 Å². The molecule has 2 unspecified atom stereocenters. The van der Waals surface area contributed by atoms with Gasteiger partial charge in [0.2, 0.25) is 5.91 Å². The minimum atomic E-state index is -1.34. The Morgan fingerprint density at radius 1 is 1.09 bits per heavy atom. The summed E-state index contributed by atoms with van der Waals surface area (Å²) in [5.41, 5.74) is 5.59. The number of carbonyl (C=O) groups is 2. The SMILES string of the molecule is CC(NC(=O)c1cc(C(O)CO)nc(-c2ccc(Oc3ccc(F)cc3)cc2)n1)C(N)=O. The van der Waals surface area contributed by atoms with Crippen molar-refractivity contribution in [2.24, 2.45) is 5.73 Å². The summed E-state index contributed by atoms with van der Waals surface area (Å²) in [5.74, 6) is -0.756. The number of nitrogens with two attached hydrogens (primary N) is 1. The number of aliphatic hydroxyl groups excluding tert-OH is 2. The molecule has 1 heterocycles. The molecule has 0 aliphatic carbocycles. The fraction of sp³-hybridized carbons (Fsp3) is 0.182. The number of hydrogen-bond acceptors (Lipinski definition) is 7. The van der Waals surface area contributed by atoms with Crippen LogP contribution in [0.3, 0.4) is 0 Å². The summed E-state index contributed by atoms with van der Waals surface area (Å²) in [6.07, 6.45) is -1.34. The molecule has 3 rings (SSSR count). The number of hydrogen-bond donors (Lipinski definition) is 4. The second kappa shape index (κ2) is 9.94. The van der Waals surface area contributed by atoms with Crippen molar-refractivity contribution in [2.75, 3.05) is 6.61 Å². The molecule has 32 heavy (non-hydrogen) atoms. The second-order valence-electron chi connectivity index (χ2n) is 6.88. The van der Waals surface area contributed by atoms with Gasteiger partial charge in [-0.1, -0.05) is 0 Å². The first-order valence-corrected chi connectivity index (χ1v) is 9.58. The molecule has 0 aliphatic heterocycles. The van der Waals surface area contributed by atoms with Crippen molar-refractivity contribution >= 4 is 11.8 Å². The summed E-state index contributed by atoms with van der Waals surface area (Å²) in [5, 5.41) is 21.7. The van der Waals surface area contributed by atoms with Crippen molar-refractivity contribution in [2.45, 2.75) is 19.1 Å². The van der Waals surface area contributed by atoms with Gasteiger partial charge < -0.3 is 26.0 Å². The van der Waals surface area contributed by atoms with Gasteiger partial charge in [-0.25, -0.2) is 14.4 Å². The van der Waals surface area contributed by atoms with Crippen molar-refractivity contribution < 1.29 is 28.9 Å². The van der Waals surface area contributed by atoms with Crippen molar-refractivity contribution in [1.29, 1.82) is 0 Å². The average Bonchev–Trinajstić information content (AvgIpc) is 2.80. The highest BCUT2D eigenvalue weighted by atomic mass is 19.1. The molecule has 5 N–H and O–H groups in total. The number of rotatable bonds is 8. The Morgan fingerprint density at radius 2 is 1.69 bits per heavy atom. The molecule has 0 fully saturated rings. The van der Waals surface area contributed by atoms with Crippen molar-refractivity contribution in [3.63, 3.8) is 0 Å². The van der Waals surface area contributed by atoms with Crippen LogP contribution < -0.4 is 15.8 Å². The Kier molecular flexibility index (Phi) is 7.08. The van der Waals surface area contributed by atoms with Crippen LogP contribution in [0.5, 0.6) is 11.5 Å². The number of halogens is 1. The van der Waals surface area contributed by atoms with Gasteiger partial charge in [-0.05, 0) is 61.5 Å². The third-order valence-electron chi connectivity index (χ3n) is 4.43. The lowest BCUT2D eigenvalue weighted by atomic mass is 10.1. The smallest absolute Gasteiger partial charge is 0.270 e. The number of aromatic nitrogens is 2. The molecular formula is C22H21FN4O5. The monoisotopic (exact) mass is 440 g/mol. The van der Waals surface area contributed by atoms with Gasteiger partial charge >= 0.3 is 0 Å². The highest BCUT2D eigenvalue weighted by Gasteiger charge is 2.19. The van der Waals surface area contributed by atoms with Gasteiger partial charge in [0.25, 0.3) is 5.91 Å². The predicted molar refractivity (Wildman–Crippen MR) is 112 cm³/mol. The number of ether oxygens (including phenoxy) is 1. The van der Waals surface area contributed by atoms with Gasteiger partial charge in [0.15, 0.2) is 5.82 Å². The van der Waals surface area contributed by atoms with Gasteiger partial charge in [-0.2, -0.15) is 0 Å². The van der Waals surface area contributed by atoms with E-state index in [2.05, 4.69) is 15.3 Å². The summed E-state index contributed by atoms with van der Waals surface area (Å²) >= 11 is 0. The number of nitrogens with zero attached hydrogens (tertiary/aromatic N) is 2. The number of amides is 2. The Balaban J connectivity index is 1.89. The van der Waals surface area contributed by atoms with Gasteiger partial charge in [0, 0.05) is 5.56 Å². The molecule has 1 aromatic heterocycles. The zero-order valence-corrected chi connectivity index (χ0v) is 17.0. The van der Waals surface area contributed by atoms with Crippen LogP contribution in [-0.2, 0) is 4.79 Å². The fourth-order valence-electron chi connectivity index (χ4n) is 2.63. The van der Waals surface area contributed by atoms with E-state index >= 15 is 0 Å². The minimum Gasteiger partial charge on any atom is -0.457 e. The maximum absolute atomic E-state index is 13.0. The van der Waals surface area contributed by atoms with Gasteiger partial charge in [0.1, 0.15) is 35.2 Å². The highest BCUT2D eigenvalue weighted by Crippen LogP contribution is 2.25. The zero-order chi connectivity index (χ0) is 23.3. The standard InChI is InChI=1S/C22H21FN4O5/c1-12(20(24)30)25-22(31)18-10-17(19(29)11-28)26-21(27-18)13-2-6-15(7-3-13)32-16-8-4-14(23)5-9-16/h2-10,12,19,28-29H,11H2,1H3,(H2,24,30)(H,25,31). The molecule has 3 aromatic rings. The first kappa shape index (κ1) is 22.8. The predicted octanol–water partition coefficient (Wildman–Crippen LogP) is 1.70. The van der Waals surface area contributed by atoms with Crippen LogP contribution >= 0.6 is 0 Å². The number of benzene rings is 2. The summed E-state index contributed by atoms with van der Waals surface area (Å²) in [6.45, 7) is 0.811. The average molecular weight is 440 g/mol. The molecule has 2 atom stereocenters. The van der Waals surface area contributed by atoms with Crippen LogP contribution in [0.1, 0.15) is 29.2 Å². The largest absolute Gasteiger partial charge is 0.457 e. The molecule has 10 heteroatoms. The Hall–Kier alpha value is -3.89. The fourth-order valence-corrected chi connectivity index (χ4v) is 2.63. The lowest BCUT2D eigenvalue weighted by molar-refractivity contribution is -0.119. The van der Waals surface area contributed by atoms with E-state index in [1.54, 1.807) is 24.3 Å². The molecule has 0 bridgehead atoms. The summed E-state index contributed by atoms with van der Waals surface area (Å²) in [7, 11) is 0. The molecule has 2 amide bonds. The Labute approximate surface area is 182 Å². The highest BCUT2D eigenvalue weighted by molar-refractivity contribution is 5.96. The van der Waals surface area contributed by atoms with E-state index in [9.17, 15) is 24.2 Å². The summed E-state index contributed by atoms with van der Waals surface area (Å²) in [6, 6.07) is 12.4. The molecule has 0 aliphatic rings. The zero-order valence-electron chi connectivity index (χ0n) is 17.0. The molecule has 166 valence electrons. The third kappa shape index (κ3) is 5.62. The van der Waals surface area contributed by atoms with E-state index in [4.69, 9.17) is 10.5 Å². The van der Waals surface area contributed by atoms with E-state index in [0.717, 1.165) is 0 Å². The van der Waals surface area contributed by atoms with Gasteiger partial charge in [-0.15, -0.1) is 0 Å². The second-order valence-corrected chi connectivity index (χ2v) is 6.88. The maximum atomic E-state index is 13.0. The Morgan fingerprint density at radius 3 is 2.25 bits per heavy atom. The third-order valence-corrected chi connectivity index (χ3v) is 4.43. The maximum Gasteiger partial charge on any atom is 0.270 e. The molecule has 0 radical (unpaired) electrons. The van der Waals surface area contributed by atoms with Crippen molar-refractivity contribution in [1.82, 2.24) is 15.3 Å². The van der Waals surface area contributed by atoms with E-state index in [1.807, 2.05) is 0 Å². The van der Waals surface area contributed by atoms with Crippen LogP contribution in [0.2, 0.25) is 0 Å². The number of carbonyl (C=O) groups excluding carboxylic acids is 2. The minimum absolute atomic E-state index is 0.0287. The molecule has 0 saturated heterocycles. The van der Waals surface area contributed by atoms with Gasteiger partial charge in [-0.3, -0.25) is 9.59 Å². The van der Waals surface area contributed by atoms with E-state index in [-0.39, 0.29) is 23.0 Å². The normalized spacial score (nSPS) is 12.6. The summed E-state index contributed by atoms with van der Waals surface area (Å²) < 4.78 is 18.7. The van der Waals surface area contributed by atoms with Gasteiger partial charge in [0.05, 0.1) is 12.3 Å². The number of aliphatic hydroxyl groups is 2. The number of primary amides is 1. The molecule has 0 spiro atoms. The quantitative estimate of drug-likeness (QED) is 0.417. The van der Waals surface area contributed by atoms with Crippen LogP contribution in [-0.4, -0.2) is 44.6 Å². The van der Waals surface area contributed by atoms with Crippen LogP contribution in [0, 0.1) is 5.82 Å².